The number of nitrogens with two attached hydrogens (primary N) is 2. The SMILES string of the molecule is Cl.Cl.Nc1ccc(N)c(-c2cscc2CNc2ccccc2)c1.c1ccccc1. The lowest BCUT2D eigenvalue weighted by Crippen LogP contribution is -2.00. The van der Waals surface area contributed by atoms with Crippen molar-refractivity contribution in [2.45, 2.75) is 6.54 Å². The number of thiophene rings is 1. The second-order valence-corrected chi connectivity index (χ2v) is 6.78. The molecule has 3 aromatic carbocycles. The Bertz CT molecular complexity index is 934. The van der Waals surface area contributed by atoms with Crippen LogP contribution in [-0.2, 0) is 6.54 Å². The average molecular weight is 446 g/mol. The van der Waals surface area contributed by atoms with Gasteiger partial charge in [0.2, 0.25) is 0 Å². The molecule has 5 N–H and O–H groups in total. The smallest absolute Gasteiger partial charge is 0.0415 e. The van der Waals surface area contributed by atoms with Gasteiger partial charge in [0.25, 0.3) is 0 Å². The van der Waals surface area contributed by atoms with Crippen molar-refractivity contribution < 1.29 is 0 Å². The maximum absolute atomic E-state index is 6.09. The summed E-state index contributed by atoms with van der Waals surface area (Å²) >= 11 is 1.67. The quantitative estimate of drug-likeness (QED) is 0.305. The van der Waals surface area contributed by atoms with E-state index in [0.29, 0.717) is 0 Å². The van der Waals surface area contributed by atoms with Gasteiger partial charge in [0.05, 0.1) is 0 Å². The van der Waals surface area contributed by atoms with Crippen molar-refractivity contribution in [3.05, 3.63) is 101 Å². The molecule has 0 radical (unpaired) electrons. The molecule has 4 rings (SSSR count). The molecule has 0 spiro atoms. The van der Waals surface area contributed by atoms with Gasteiger partial charge in [0.1, 0.15) is 0 Å². The van der Waals surface area contributed by atoms with E-state index in [4.69, 9.17) is 11.5 Å². The summed E-state index contributed by atoms with van der Waals surface area (Å²) in [4.78, 5) is 0. The Morgan fingerprint density at radius 3 is 1.90 bits per heavy atom. The Kier molecular flexibility index (Phi) is 10.7. The van der Waals surface area contributed by atoms with E-state index >= 15 is 0 Å². The van der Waals surface area contributed by atoms with E-state index in [1.54, 1.807) is 11.3 Å². The molecule has 0 aliphatic heterocycles. The van der Waals surface area contributed by atoms with E-state index in [1.807, 2.05) is 72.8 Å². The van der Waals surface area contributed by atoms with Crippen LogP contribution in [0.4, 0.5) is 17.1 Å². The molecule has 0 bridgehead atoms. The summed E-state index contributed by atoms with van der Waals surface area (Å²) in [6, 6.07) is 27.8. The molecular formula is C23H25Cl2N3S. The molecule has 0 amide bonds. The van der Waals surface area contributed by atoms with Gasteiger partial charge in [-0.05, 0) is 52.2 Å². The summed E-state index contributed by atoms with van der Waals surface area (Å²) in [5.74, 6) is 0. The summed E-state index contributed by atoms with van der Waals surface area (Å²) in [6.07, 6.45) is 0. The molecule has 0 atom stereocenters. The molecule has 4 aromatic rings. The first kappa shape index (κ1) is 24.4. The molecule has 1 heterocycles. The third-order valence-electron chi connectivity index (χ3n) is 4.03. The average Bonchev–Trinajstić information content (AvgIpc) is 3.19. The Balaban J connectivity index is 0.000000455. The lowest BCUT2D eigenvalue weighted by molar-refractivity contribution is 1.17. The highest BCUT2D eigenvalue weighted by molar-refractivity contribution is 7.08. The first-order valence-electron chi connectivity index (χ1n) is 8.73. The maximum Gasteiger partial charge on any atom is 0.0415 e. The van der Waals surface area contributed by atoms with Crippen molar-refractivity contribution in [3.63, 3.8) is 0 Å². The molecule has 3 nitrogen and oxygen atoms in total. The fraction of sp³-hybridized carbons (Fsp3) is 0.0435. The number of nitrogen functional groups attached to an aromatic ring is 2. The summed E-state index contributed by atoms with van der Waals surface area (Å²) < 4.78 is 0. The fourth-order valence-electron chi connectivity index (χ4n) is 2.64. The molecule has 0 aliphatic rings. The first-order valence-corrected chi connectivity index (χ1v) is 9.67. The van der Waals surface area contributed by atoms with Gasteiger partial charge in [-0.2, -0.15) is 11.3 Å². The van der Waals surface area contributed by atoms with Crippen LogP contribution in [0.2, 0.25) is 0 Å². The first-order chi connectivity index (χ1) is 13.2. The number of nitrogens with one attached hydrogen (secondary N) is 1. The predicted octanol–water partition coefficient (Wildman–Crippen LogP) is 6.72. The molecular weight excluding hydrogens is 421 g/mol. The van der Waals surface area contributed by atoms with E-state index < -0.39 is 0 Å². The van der Waals surface area contributed by atoms with Crippen molar-refractivity contribution in [2.75, 3.05) is 16.8 Å². The van der Waals surface area contributed by atoms with Crippen LogP contribution in [0.25, 0.3) is 11.1 Å². The van der Waals surface area contributed by atoms with E-state index in [2.05, 4.69) is 28.2 Å². The normalized spacial score (nSPS) is 9.24. The molecule has 0 saturated carbocycles. The summed E-state index contributed by atoms with van der Waals surface area (Å²) in [6.45, 7) is 0.761. The lowest BCUT2D eigenvalue weighted by atomic mass is 10.0. The van der Waals surface area contributed by atoms with Gasteiger partial charge < -0.3 is 16.8 Å². The van der Waals surface area contributed by atoms with Crippen LogP contribution >= 0.6 is 36.2 Å². The lowest BCUT2D eigenvalue weighted by Gasteiger charge is -2.10. The highest BCUT2D eigenvalue weighted by Gasteiger charge is 2.10. The molecule has 0 fully saturated rings. The van der Waals surface area contributed by atoms with Crippen LogP contribution in [-0.4, -0.2) is 0 Å². The van der Waals surface area contributed by atoms with Gasteiger partial charge in [-0.3, -0.25) is 0 Å². The van der Waals surface area contributed by atoms with Crippen molar-refractivity contribution in [2.24, 2.45) is 0 Å². The third kappa shape index (κ3) is 7.35. The minimum absolute atomic E-state index is 0. The summed E-state index contributed by atoms with van der Waals surface area (Å²) in [7, 11) is 0. The Morgan fingerprint density at radius 2 is 1.28 bits per heavy atom. The van der Waals surface area contributed by atoms with Crippen LogP contribution in [0, 0.1) is 0 Å². The molecule has 0 unspecified atom stereocenters. The Morgan fingerprint density at radius 1 is 0.690 bits per heavy atom. The third-order valence-corrected chi connectivity index (χ3v) is 4.83. The summed E-state index contributed by atoms with van der Waals surface area (Å²) in [5.41, 5.74) is 17.9. The van der Waals surface area contributed by atoms with Crippen LogP contribution in [0.5, 0.6) is 0 Å². The zero-order valence-electron chi connectivity index (χ0n) is 15.8. The number of hydrogen-bond acceptors (Lipinski definition) is 4. The molecule has 0 saturated heterocycles. The van der Waals surface area contributed by atoms with Crippen molar-refractivity contribution in [1.82, 2.24) is 0 Å². The fourth-order valence-corrected chi connectivity index (χ4v) is 3.50. The predicted molar refractivity (Wildman–Crippen MR) is 133 cm³/mol. The number of halogens is 2. The molecule has 6 heteroatoms. The standard InChI is InChI=1S/C17H17N3S.C6H6.2ClH/c18-13-6-7-17(19)15(8-13)16-11-21-10-12(16)9-20-14-4-2-1-3-5-14;1-2-4-6-5-3-1;;/h1-8,10-11,20H,9,18-19H2;1-6H;2*1H. The molecule has 29 heavy (non-hydrogen) atoms. The van der Waals surface area contributed by atoms with E-state index in [-0.39, 0.29) is 24.8 Å². The number of benzene rings is 3. The molecule has 152 valence electrons. The second kappa shape index (κ2) is 12.7. The number of anilines is 3. The van der Waals surface area contributed by atoms with Gasteiger partial charge in [-0.15, -0.1) is 24.8 Å². The second-order valence-electron chi connectivity index (χ2n) is 6.03. The van der Waals surface area contributed by atoms with Crippen molar-refractivity contribution in [3.8, 4) is 11.1 Å². The molecule has 0 aliphatic carbocycles. The number of para-hydroxylation sites is 1. The highest BCUT2D eigenvalue weighted by atomic mass is 35.5. The monoisotopic (exact) mass is 445 g/mol. The van der Waals surface area contributed by atoms with Gasteiger partial charge in [-0.25, -0.2) is 0 Å². The van der Waals surface area contributed by atoms with E-state index in [9.17, 15) is 0 Å². The zero-order chi connectivity index (χ0) is 18.9. The van der Waals surface area contributed by atoms with Gasteiger partial charge in [-0.1, -0.05) is 54.6 Å². The van der Waals surface area contributed by atoms with Crippen LogP contribution < -0.4 is 16.8 Å². The van der Waals surface area contributed by atoms with Crippen LogP contribution in [0.15, 0.2) is 95.7 Å². The minimum Gasteiger partial charge on any atom is -0.399 e. The van der Waals surface area contributed by atoms with E-state index in [0.717, 1.165) is 34.7 Å². The van der Waals surface area contributed by atoms with Crippen molar-refractivity contribution >= 4 is 53.2 Å². The van der Waals surface area contributed by atoms with Gasteiger partial charge in [0, 0.05) is 29.2 Å². The topological polar surface area (TPSA) is 64.1 Å². The highest BCUT2D eigenvalue weighted by Crippen LogP contribution is 2.33. The molecule has 1 aromatic heterocycles. The number of hydrogen-bond donors (Lipinski definition) is 3. The maximum atomic E-state index is 6.09. The Labute approximate surface area is 188 Å². The van der Waals surface area contributed by atoms with Gasteiger partial charge in [0.15, 0.2) is 0 Å². The summed E-state index contributed by atoms with van der Waals surface area (Å²) in [5, 5.41) is 7.69. The minimum atomic E-state index is 0. The van der Waals surface area contributed by atoms with E-state index in [1.165, 1.54) is 5.56 Å². The van der Waals surface area contributed by atoms with Crippen LogP contribution in [0.1, 0.15) is 5.56 Å². The van der Waals surface area contributed by atoms with Crippen molar-refractivity contribution in [1.29, 1.82) is 0 Å². The van der Waals surface area contributed by atoms with Gasteiger partial charge >= 0.3 is 0 Å². The van der Waals surface area contributed by atoms with Crippen LogP contribution in [0.3, 0.4) is 0 Å². The largest absolute Gasteiger partial charge is 0.399 e. The number of rotatable bonds is 4. The zero-order valence-corrected chi connectivity index (χ0v) is 18.3. The Hall–Kier alpha value is -2.66.